The summed E-state index contributed by atoms with van der Waals surface area (Å²) in [4.78, 5) is 14.8. The van der Waals surface area contributed by atoms with E-state index in [-0.39, 0.29) is 18.0 Å². The lowest BCUT2D eigenvalue weighted by molar-refractivity contribution is 0.115. The maximum atomic E-state index is 12.6. The topological polar surface area (TPSA) is 53.7 Å². The number of nitrogens with zero attached hydrogens (tertiary/aromatic N) is 1. The third-order valence-electron chi connectivity index (χ3n) is 4.12. The van der Waals surface area contributed by atoms with Gasteiger partial charge in [-0.1, -0.05) is 23.2 Å². The third-order valence-corrected chi connectivity index (χ3v) is 4.62. The Hall–Kier alpha value is -1.07. The van der Waals surface area contributed by atoms with Crippen LogP contribution in [0.25, 0.3) is 11.0 Å². The lowest BCUT2D eigenvalue weighted by Gasteiger charge is -2.31. The van der Waals surface area contributed by atoms with Gasteiger partial charge in [-0.3, -0.25) is 9.69 Å². The monoisotopic (exact) mass is 341 g/mol. The SMILES string of the molecule is O=c1c(CN2CCC[C@@H](CO)C2)coc2c(Cl)cc(Cl)cc12. The number of aliphatic hydroxyl groups is 1. The number of rotatable bonds is 3. The van der Waals surface area contributed by atoms with Crippen molar-refractivity contribution in [1.82, 2.24) is 4.90 Å². The summed E-state index contributed by atoms with van der Waals surface area (Å²) >= 11 is 12.0. The van der Waals surface area contributed by atoms with Gasteiger partial charge >= 0.3 is 0 Å². The minimum absolute atomic E-state index is 0.100. The van der Waals surface area contributed by atoms with Gasteiger partial charge in [-0.15, -0.1) is 0 Å². The number of hydrogen-bond acceptors (Lipinski definition) is 4. The second-order valence-electron chi connectivity index (χ2n) is 5.78. The van der Waals surface area contributed by atoms with Crippen LogP contribution in [0.1, 0.15) is 18.4 Å². The Kier molecular flexibility index (Phi) is 4.73. The van der Waals surface area contributed by atoms with Crippen molar-refractivity contribution in [1.29, 1.82) is 0 Å². The van der Waals surface area contributed by atoms with Crippen LogP contribution in [0.15, 0.2) is 27.6 Å². The molecule has 1 saturated heterocycles. The number of likely N-dealkylation sites (tertiary alicyclic amines) is 1. The predicted molar refractivity (Wildman–Crippen MR) is 87.6 cm³/mol. The van der Waals surface area contributed by atoms with Crippen molar-refractivity contribution >= 4 is 34.2 Å². The van der Waals surface area contributed by atoms with Crippen molar-refractivity contribution in [3.8, 4) is 0 Å². The molecule has 118 valence electrons. The summed E-state index contributed by atoms with van der Waals surface area (Å²) < 4.78 is 5.54. The van der Waals surface area contributed by atoms with Gasteiger partial charge in [0, 0.05) is 30.3 Å². The van der Waals surface area contributed by atoms with E-state index in [0.717, 1.165) is 25.9 Å². The highest BCUT2D eigenvalue weighted by Crippen LogP contribution is 2.26. The molecule has 0 amide bonds. The predicted octanol–water partition coefficient (Wildman–Crippen LogP) is 3.30. The van der Waals surface area contributed by atoms with Gasteiger partial charge in [0.05, 0.1) is 16.7 Å². The van der Waals surface area contributed by atoms with Crippen LogP contribution in [0.3, 0.4) is 0 Å². The number of hydrogen-bond donors (Lipinski definition) is 1. The molecule has 4 nitrogen and oxygen atoms in total. The van der Waals surface area contributed by atoms with E-state index >= 15 is 0 Å². The van der Waals surface area contributed by atoms with Gasteiger partial charge in [-0.2, -0.15) is 0 Å². The zero-order valence-corrected chi connectivity index (χ0v) is 13.5. The van der Waals surface area contributed by atoms with E-state index in [1.165, 1.54) is 6.26 Å². The first kappa shape index (κ1) is 15.8. The van der Waals surface area contributed by atoms with Gasteiger partial charge in [-0.05, 0) is 37.4 Å². The maximum Gasteiger partial charge on any atom is 0.197 e. The van der Waals surface area contributed by atoms with Crippen molar-refractivity contribution in [3.63, 3.8) is 0 Å². The quantitative estimate of drug-likeness (QED) is 0.930. The van der Waals surface area contributed by atoms with E-state index in [0.29, 0.717) is 33.1 Å². The number of piperidine rings is 1. The molecule has 1 aliphatic heterocycles. The van der Waals surface area contributed by atoms with E-state index in [4.69, 9.17) is 27.6 Å². The fourth-order valence-corrected chi connectivity index (χ4v) is 3.54. The van der Waals surface area contributed by atoms with Crippen LogP contribution in [0.2, 0.25) is 10.0 Å². The molecule has 1 aromatic heterocycles. The second kappa shape index (κ2) is 6.59. The minimum atomic E-state index is -0.100. The lowest BCUT2D eigenvalue weighted by atomic mass is 9.98. The first-order chi connectivity index (χ1) is 10.6. The summed E-state index contributed by atoms with van der Waals surface area (Å²) in [5, 5.41) is 10.5. The maximum absolute atomic E-state index is 12.6. The van der Waals surface area contributed by atoms with E-state index in [1.54, 1.807) is 12.1 Å². The number of aliphatic hydroxyl groups excluding tert-OH is 1. The van der Waals surface area contributed by atoms with Crippen molar-refractivity contribution in [3.05, 3.63) is 44.2 Å². The second-order valence-corrected chi connectivity index (χ2v) is 6.62. The molecule has 6 heteroatoms. The van der Waals surface area contributed by atoms with E-state index in [2.05, 4.69) is 4.90 Å². The largest absolute Gasteiger partial charge is 0.462 e. The molecule has 1 atom stereocenters. The van der Waals surface area contributed by atoms with Crippen LogP contribution in [0.5, 0.6) is 0 Å². The smallest absolute Gasteiger partial charge is 0.197 e. The summed E-state index contributed by atoms with van der Waals surface area (Å²) in [6.45, 7) is 2.42. The number of benzene rings is 1. The normalized spacial score (nSPS) is 19.7. The van der Waals surface area contributed by atoms with Gasteiger partial charge < -0.3 is 9.52 Å². The summed E-state index contributed by atoms with van der Waals surface area (Å²) in [6, 6.07) is 3.15. The van der Waals surface area contributed by atoms with Gasteiger partial charge in [0.1, 0.15) is 0 Å². The molecule has 22 heavy (non-hydrogen) atoms. The molecule has 1 aromatic carbocycles. The average Bonchev–Trinajstić information content (AvgIpc) is 2.51. The molecule has 0 unspecified atom stereocenters. The van der Waals surface area contributed by atoms with Crippen molar-refractivity contribution in [2.24, 2.45) is 5.92 Å². The van der Waals surface area contributed by atoms with Crippen LogP contribution in [0, 0.1) is 5.92 Å². The van der Waals surface area contributed by atoms with Crippen LogP contribution in [-0.2, 0) is 6.54 Å². The Morgan fingerprint density at radius 3 is 2.95 bits per heavy atom. The van der Waals surface area contributed by atoms with Gasteiger partial charge in [-0.25, -0.2) is 0 Å². The highest BCUT2D eigenvalue weighted by Gasteiger charge is 2.21. The molecule has 2 heterocycles. The van der Waals surface area contributed by atoms with Gasteiger partial charge in [0.25, 0.3) is 0 Å². The first-order valence-electron chi connectivity index (χ1n) is 7.31. The summed E-state index contributed by atoms with van der Waals surface area (Å²) in [7, 11) is 0. The zero-order valence-electron chi connectivity index (χ0n) is 12.0. The summed E-state index contributed by atoms with van der Waals surface area (Å²) in [5.74, 6) is 0.283. The molecule has 0 bridgehead atoms. The Labute approximate surface area is 138 Å². The van der Waals surface area contributed by atoms with Gasteiger partial charge in [0.2, 0.25) is 0 Å². The Balaban J connectivity index is 1.91. The molecule has 1 fully saturated rings. The fraction of sp³-hybridized carbons (Fsp3) is 0.438. The molecule has 0 aliphatic carbocycles. The fourth-order valence-electron chi connectivity index (χ4n) is 3.00. The molecular weight excluding hydrogens is 325 g/mol. The van der Waals surface area contributed by atoms with Crippen molar-refractivity contribution in [2.45, 2.75) is 19.4 Å². The molecule has 0 radical (unpaired) electrons. The Morgan fingerprint density at radius 2 is 2.18 bits per heavy atom. The molecule has 3 rings (SSSR count). The molecule has 2 aromatic rings. The van der Waals surface area contributed by atoms with E-state index in [1.807, 2.05) is 0 Å². The van der Waals surface area contributed by atoms with Crippen LogP contribution in [-0.4, -0.2) is 29.7 Å². The molecule has 0 saturated carbocycles. The summed E-state index contributed by atoms with van der Waals surface area (Å²) in [5.41, 5.74) is 0.855. The molecule has 1 N–H and O–H groups in total. The summed E-state index contributed by atoms with van der Waals surface area (Å²) in [6.07, 6.45) is 3.54. The van der Waals surface area contributed by atoms with Crippen LogP contribution in [0.4, 0.5) is 0 Å². The molecule has 1 aliphatic rings. The van der Waals surface area contributed by atoms with Gasteiger partial charge in [0.15, 0.2) is 11.0 Å². The molecule has 0 spiro atoms. The minimum Gasteiger partial charge on any atom is -0.462 e. The average molecular weight is 342 g/mol. The Morgan fingerprint density at radius 1 is 1.36 bits per heavy atom. The lowest BCUT2D eigenvalue weighted by Crippen LogP contribution is -2.37. The van der Waals surface area contributed by atoms with Crippen molar-refractivity contribution in [2.75, 3.05) is 19.7 Å². The standard InChI is InChI=1S/C16H17Cl2NO3/c17-12-4-13-15(21)11(9-22-16(13)14(18)5-12)7-19-3-1-2-10(6-19)8-20/h4-5,9-10,20H,1-3,6-8H2/t10-/m1/s1. The van der Waals surface area contributed by atoms with E-state index < -0.39 is 0 Å². The first-order valence-corrected chi connectivity index (χ1v) is 8.06. The zero-order chi connectivity index (χ0) is 15.7. The number of fused-ring (bicyclic) bond motifs is 1. The highest BCUT2D eigenvalue weighted by atomic mass is 35.5. The number of halogens is 2. The third kappa shape index (κ3) is 3.15. The van der Waals surface area contributed by atoms with Crippen LogP contribution >= 0.6 is 23.2 Å². The Bertz CT molecular complexity index is 744. The highest BCUT2D eigenvalue weighted by molar-refractivity contribution is 6.38. The van der Waals surface area contributed by atoms with E-state index in [9.17, 15) is 9.90 Å². The van der Waals surface area contributed by atoms with Crippen molar-refractivity contribution < 1.29 is 9.52 Å². The molecular formula is C16H17Cl2NO3. The van der Waals surface area contributed by atoms with Crippen LogP contribution < -0.4 is 5.43 Å².